The molecule has 6 nitrogen and oxygen atoms in total. The second-order valence-corrected chi connectivity index (χ2v) is 9.55. The van der Waals surface area contributed by atoms with Gasteiger partial charge >= 0.3 is 0 Å². The normalized spacial score (nSPS) is 28.8. The molecular formula is C18H27N3O3S. The lowest BCUT2D eigenvalue weighted by Gasteiger charge is -2.37. The van der Waals surface area contributed by atoms with Crippen molar-refractivity contribution in [3.63, 3.8) is 0 Å². The van der Waals surface area contributed by atoms with Gasteiger partial charge in [0.2, 0.25) is 15.9 Å². The Labute approximate surface area is 149 Å². The zero-order valence-corrected chi connectivity index (χ0v) is 15.7. The lowest BCUT2D eigenvalue weighted by Crippen LogP contribution is -2.51. The van der Waals surface area contributed by atoms with Crippen molar-refractivity contribution < 1.29 is 13.2 Å². The van der Waals surface area contributed by atoms with Gasteiger partial charge < -0.3 is 11.1 Å². The largest absolute Gasteiger partial charge is 0.326 e. The number of rotatable bonds is 3. The predicted molar refractivity (Wildman–Crippen MR) is 100 cm³/mol. The summed E-state index contributed by atoms with van der Waals surface area (Å²) in [4.78, 5) is 12.7. The maximum absolute atomic E-state index is 12.7. The molecule has 3 N–H and O–H groups in total. The van der Waals surface area contributed by atoms with Crippen LogP contribution >= 0.6 is 0 Å². The van der Waals surface area contributed by atoms with Gasteiger partial charge in [0, 0.05) is 17.8 Å². The van der Waals surface area contributed by atoms with E-state index in [9.17, 15) is 13.2 Å². The minimum Gasteiger partial charge on any atom is -0.326 e. The van der Waals surface area contributed by atoms with Crippen LogP contribution in [0, 0.1) is 12.8 Å². The van der Waals surface area contributed by atoms with Crippen LogP contribution in [0.3, 0.4) is 0 Å². The average molecular weight is 365 g/mol. The van der Waals surface area contributed by atoms with Crippen molar-refractivity contribution >= 4 is 27.3 Å². The molecule has 138 valence electrons. The van der Waals surface area contributed by atoms with E-state index >= 15 is 0 Å². The number of nitrogens with one attached hydrogen (secondary N) is 1. The molecule has 0 radical (unpaired) electrons. The number of carbonyl (C=O) groups is 1. The monoisotopic (exact) mass is 365 g/mol. The summed E-state index contributed by atoms with van der Waals surface area (Å²) in [6.45, 7) is 4.31. The van der Waals surface area contributed by atoms with E-state index < -0.39 is 15.6 Å². The number of nitrogens with two attached hydrogens (primary N) is 1. The summed E-state index contributed by atoms with van der Waals surface area (Å²) in [5, 5.41) is 2.95. The molecule has 0 bridgehead atoms. The van der Waals surface area contributed by atoms with Crippen molar-refractivity contribution in [1.82, 2.24) is 0 Å². The SMILES string of the molecule is Cc1ccc(NC(=O)C2CCCCC2(C)N)cc1N1CCCS1(=O)=O. The third-order valence-electron chi connectivity index (χ3n) is 5.42. The Hall–Kier alpha value is -1.60. The number of hydrogen-bond acceptors (Lipinski definition) is 4. The van der Waals surface area contributed by atoms with Gasteiger partial charge in [-0.25, -0.2) is 8.42 Å². The lowest BCUT2D eigenvalue weighted by atomic mass is 9.74. The molecule has 7 heteroatoms. The number of benzene rings is 1. The Morgan fingerprint density at radius 2 is 2.08 bits per heavy atom. The molecule has 0 aromatic heterocycles. The van der Waals surface area contributed by atoms with Gasteiger partial charge in [-0.3, -0.25) is 9.10 Å². The average Bonchev–Trinajstić information content (AvgIpc) is 2.88. The van der Waals surface area contributed by atoms with Crippen LogP contribution in [0.2, 0.25) is 0 Å². The van der Waals surface area contributed by atoms with Crippen LogP contribution < -0.4 is 15.4 Å². The lowest BCUT2D eigenvalue weighted by molar-refractivity contribution is -0.122. The first-order valence-electron chi connectivity index (χ1n) is 8.91. The minimum atomic E-state index is -3.25. The van der Waals surface area contributed by atoms with Crippen LogP contribution in [-0.4, -0.2) is 32.2 Å². The van der Waals surface area contributed by atoms with E-state index in [2.05, 4.69) is 5.32 Å². The Morgan fingerprint density at radius 1 is 1.32 bits per heavy atom. The van der Waals surface area contributed by atoms with Gasteiger partial charge in [-0.15, -0.1) is 0 Å². The predicted octanol–water partition coefficient (Wildman–Crippen LogP) is 2.38. The second kappa shape index (κ2) is 6.61. The molecule has 1 saturated heterocycles. The molecule has 1 aliphatic heterocycles. The number of carbonyl (C=O) groups excluding carboxylic acids is 1. The van der Waals surface area contributed by atoms with Crippen LogP contribution in [0.5, 0.6) is 0 Å². The quantitative estimate of drug-likeness (QED) is 0.860. The van der Waals surface area contributed by atoms with Crippen molar-refractivity contribution in [2.45, 2.75) is 51.5 Å². The molecule has 2 unspecified atom stereocenters. The molecule has 1 heterocycles. The maximum Gasteiger partial charge on any atom is 0.235 e. The fourth-order valence-corrected chi connectivity index (χ4v) is 5.50. The van der Waals surface area contributed by atoms with Gasteiger partial charge in [-0.2, -0.15) is 0 Å². The summed E-state index contributed by atoms with van der Waals surface area (Å²) in [6, 6.07) is 5.42. The van der Waals surface area contributed by atoms with Gasteiger partial charge in [-0.05, 0) is 50.8 Å². The highest BCUT2D eigenvalue weighted by atomic mass is 32.2. The highest BCUT2D eigenvalue weighted by Gasteiger charge is 2.38. The molecule has 3 rings (SSSR count). The molecule has 2 atom stereocenters. The number of amides is 1. The van der Waals surface area contributed by atoms with Crippen LogP contribution in [-0.2, 0) is 14.8 Å². The summed E-state index contributed by atoms with van der Waals surface area (Å²) >= 11 is 0. The van der Waals surface area contributed by atoms with E-state index in [1.807, 2.05) is 26.0 Å². The van der Waals surface area contributed by atoms with Crippen molar-refractivity contribution in [3.05, 3.63) is 23.8 Å². The summed E-state index contributed by atoms with van der Waals surface area (Å²) in [5.74, 6) is -0.123. The first kappa shape index (κ1) is 18.2. The summed E-state index contributed by atoms with van der Waals surface area (Å²) in [5.41, 5.74) is 7.97. The standard InChI is InChI=1S/C18H27N3O3S/c1-13-7-8-14(12-16(13)21-10-5-11-25(21,23)24)20-17(22)15-6-3-4-9-18(15,2)19/h7-8,12,15H,3-6,9-11,19H2,1-2H3,(H,20,22). The summed E-state index contributed by atoms with van der Waals surface area (Å²) in [6.07, 6.45) is 4.33. The molecule has 2 fully saturated rings. The van der Waals surface area contributed by atoms with E-state index in [4.69, 9.17) is 5.73 Å². The number of hydrogen-bond donors (Lipinski definition) is 2. The van der Waals surface area contributed by atoms with Gasteiger partial charge in [-0.1, -0.05) is 18.9 Å². The van der Waals surface area contributed by atoms with Crippen molar-refractivity contribution in [1.29, 1.82) is 0 Å². The van der Waals surface area contributed by atoms with Gasteiger partial charge in [0.15, 0.2) is 0 Å². The van der Waals surface area contributed by atoms with E-state index in [1.54, 1.807) is 6.07 Å². The highest BCUT2D eigenvalue weighted by Crippen LogP contribution is 2.34. The molecule has 1 aliphatic carbocycles. The van der Waals surface area contributed by atoms with Gasteiger partial charge in [0.05, 0.1) is 17.4 Å². The number of sulfonamides is 1. The van der Waals surface area contributed by atoms with Crippen LogP contribution in [0.15, 0.2) is 18.2 Å². The van der Waals surface area contributed by atoms with Gasteiger partial charge in [0.25, 0.3) is 0 Å². The van der Waals surface area contributed by atoms with Crippen molar-refractivity contribution in [2.24, 2.45) is 11.7 Å². The second-order valence-electron chi connectivity index (χ2n) is 7.54. The molecule has 1 saturated carbocycles. The van der Waals surface area contributed by atoms with Gasteiger partial charge in [0.1, 0.15) is 0 Å². The molecular weight excluding hydrogens is 338 g/mol. The van der Waals surface area contributed by atoms with Crippen LogP contribution in [0.1, 0.15) is 44.6 Å². The van der Waals surface area contributed by atoms with E-state index in [0.29, 0.717) is 24.3 Å². The molecule has 2 aliphatic rings. The fourth-order valence-electron chi connectivity index (χ4n) is 3.88. The topological polar surface area (TPSA) is 92.5 Å². The van der Waals surface area contributed by atoms with E-state index in [0.717, 1.165) is 31.2 Å². The minimum absolute atomic E-state index is 0.0798. The first-order valence-corrected chi connectivity index (χ1v) is 10.5. The van der Waals surface area contributed by atoms with E-state index in [1.165, 1.54) is 4.31 Å². The third-order valence-corrected chi connectivity index (χ3v) is 7.27. The number of nitrogens with zero attached hydrogens (tertiary/aromatic N) is 1. The van der Waals surface area contributed by atoms with Crippen LogP contribution in [0.25, 0.3) is 0 Å². The Morgan fingerprint density at radius 3 is 2.72 bits per heavy atom. The van der Waals surface area contributed by atoms with Crippen LogP contribution in [0.4, 0.5) is 11.4 Å². The fraction of sp³-hybridized carbons (Fsp3) is 0.611. The Bertz CT molecular complexity index is 774. The molecule has 0 spiro atoms. The molecule has 25 heavy (non-hydrogen) atoms. The maximum atomic E-state index is 12.7. The molecule has 1 aromatic rings. The Kier molecular flexibility index (Phi) is 4.81. The number of anilines is 2. The molecule has 1 aromatic carbocycles. The zero-order chi connectivity index (χ0) is 18.2. The summed E-state index contributed by atoms with van der Waals surface area (Å²) < 4.78 is 25.9. The third kappa shape index (κ3) is 3.67. The smallest absolute Gasteiger partial charge is 0.235 e. The summed E-state index contributed by atoms with van der Waals surface area (Å²) in [7, 11) is -3.25. The van der Waals surface area contributed by atoms with Crippen molar-refractivity contribution in [2.75, 3.05) is 21.9 Å². The molecule has 1 amide bonds. The van der Waals surface area contributed by atoms with Crippen molar-refractivity contribution in [3.8, 4) is 0 Å². The zero-order valence-electron chi connectivity index (χ0n) is 14.9. The number of aryl methyl sites for hydroxylation is 1. The first-order chi connectivity index (χ1) is 11.7. The highest BCUT2D eigenvalue weighted by molar-refractivity contribution is 7.93. The Balaban J connectivity index is 1.82. The van der Waals surface area contributed by atoms with E-state index in [-0.39, 0.29) is 17.6 Å².